The van der Waals surface area contributed by atoms with Gasteiger partial charge in [-0.25, -0.2) is 8.42 Å². The fraction of sp³-hybridized carbons (Fsp3) is 0.125. The Morgan fingerprint density at radius 3 is 2.47 bits per heavy atom. The number of anilines is 1. The van der Waals surface area contributed by atoms with Crippen molar-refractivity contribution in [1.29, 1.82) is 0 Å². The number of hydrogen-bond acceptors (Lipinski definition) is 3. The Morgan fingerprint density at radius 1 is 1.40 bits per heavy atom. The zero-order chi connectivity index (χ0) is 11.6. The number of halogens is 2. The molecule has 4 nitrogen and oxygen atoms in total. The van der Waals surface area contributed by atoms with Gasteiger partial charge in [0.25, 0.3) is 5.24 Å². The van der Waals surface area contributed by atoms with E-state index in [0.717, 1.165) is 6.26 Å². The first-order valence-electron chi connectivity index (χ1n) is 3.77. The number of benzene rings is 1. The molecular formula is C8H7Cl2NO3S. The third kappa shape index (κ3) is 3.70. The van der Waals surface area contributed by atoms with Crippen LogP contribution in [0.4, 0.5) is 5.69 Å². The largest absolute Gasteiger partial charge is 0.283 e. The highest BCUT2D eigenvalue weighted by atomic mass is 35.5. The predicted octanol–water partition coefficient (Wildman–Crippen LogP) is 2.09. The zero-order valence-electron chi connectivity index (χ0n) is 7.62. The van der Waals surface area contributed by atoms with E-state index in [1.165, 1.54) is 18.2 Å². The summed E-state index contributed by atoms with van der Waals surface area (Å²) in [7, 11) is -3.45. The van der Waals surface area contributed by atoms with E-state index >= 15 is 0 Å². The molecule has 15 heavy (non-hydrogen) atoms. The molecule has 0 fully saturated rings. The van der Waals surface area contributed by atoms with Gasteiger partial charge in [-0.1, -0.05) is 11.6 Å². The van der Waals surface area contributed by atoms with Crippen LogP contribution in [-0.2, 0) is 10.0 Å². The highest BCUT2D eigenvalue weighted by Crippen LogP contribution is 2.22. The second-order valence-corrected chi connectivity index (χ2v) is 5.37. The summed E-state index contributed by atoms with van der Waals surface area (Å²) in [5.74, 6) is 0. The Kier molecular flexibility index (Phi) is 3.59. The van der Waals surface area contributed by atoms with E-state index < -0.39 is 15.3 Å². The smallest absolute Gasteiger partial charge is 0.254 e. The third-order valence-electron chi connectivity index (χ3n) is 1.49. The zero-order valence-corrected chi connectivity index (χ0v) is 9.95. The van der Waals surface area contributed by atoms with Crippen molar-refractivity contribution in [2.75, 3.05) is 11.0 Å². The molecule has 1 rings (SSSR count). The van der Waals surface area contributed by atoms with Crippen LogP contribution < -0.4 is 4.72 Å². The van der Waals surface area contributed by atoms with Crippen LogP contribution in [0.2, 0.25) is 5.02 Å². The number of rotatable bonds is 3. The summed E-state index contributed by atoms with van der Waals surface area (Å²) in [6, 6.07) is 4.13. The summed E-state index contributed by atoms with van der Waals surface area (Å²) in [6.07, 6.45) is 0.976. The lowest BCUT2D eigenvalue weighted by atomic mass is 10.2. The Labute approximate surface area is 97.2 Å². The molecule has 0 aliphatic rings. The van der Waals surface area contributed by atoms with Gasteiger partial charge in [0.15, 0.2) is 0 Å². The van der Waals surface area contributed by atoms with Crippen molar-refractivity contribution in [1.82, 2.24) is 0 Å². The van der Waals surface area contributed by atoms with Crippen molar-refractivity contribution in [2.24, 2.45) is 0 Å². The topological polar surface area (TPSA) is 63.2 Å². The van der Waals surface area contributed by atoms with Crippen LogP contribution in [0.15, 0.2) is 18.2 Å². The molecule has 0 heterocycles. The van der Waals surface area contributed by atoms with Crippen LogP contribution in [0.25, 0.3) is 0 Å². The minimum Gasteiger partial charge on any atom is -0.283 e. The van der Waals surface area contributed by atoms with Gasteiger partial charge in [-0.3, -0.25) is 9.52 Å². The first kappa shape index (κ1) is 12.3. The number of sulfonamides is 1. The number of hydrogen-bond donors (Lipinski definition) is 1. The van der Waals surface area contributed by atoms with Crippen LogP contribution in [0.1, 0.15) is 10.4 Å². The molecule has 1 aromatic rings. The van der Waals surface area contributed by atoms with Gasteiger partial charge in [0, 0.05) is 5.02 Å². The molecule has 0 aliphatic heterocycles. The Morgan fingerprint density at radius 2 is 2.00 bits per heavy atom. The summed E-state index contributed by atoms with van der Waals surface area (Å²) in [4.78, 5) is 11.0. The maximum absolute atomic E-state index is 11.0. The van der Waals surface area contributed by atoms with E-state index in [2.05, 4.69) is 4.72 Å². The van der Waals surface area contributed by atoms with Crippen LogP contribution in [0.5, 0.6) is 0 Å². The van der Waals surface area contributed by atoms with Gasteiger partial charge >= 0.3 is 0 Å². The lowest BCUT2D eigenvalue weighted by Gasteiger charge is -2.07. The molecule has 0 aliphatic carbocycles. The maximum Gasteiger partial charge on any atom is 0.254 e. The van der Waals surface area contributed by atoms with Gasteiger partial charge in [0.05, 0.1) is 17.5 Å². The molecule has 0 amide bonds. The van der Waals surface area contributed by atoms with Crippen molar-refractivity contribution >= 4 is 44.2 Å². The Bertz CT molecular complexity index is 499. The lowest BCUT2D eigenvalue weighted by Crippen LogP contribution is -2.12. The van der Waals surface area contributed by atoms with Crippen LogP contribution in [0, 0.1) is 0 Å². The van der Waals surface area contributed by atoms with Crippen LogP contribution in [0.3, 0.4) is 0 Å². The minimum absolute atomic E-state index is 0.0228. The van der Waals surface area contributed by atoms with Crippen LogP contribution in [-0.4, -0.2) is 19.9 Å². The standard InChI is InChI=1S/C8H7Cl2NO3S/c1-15(13,14)11-7-3-2-5(9)4-6(7)8(10)12/h2-4,11H,1H3. The Hall–Kier alpha value is -0.780. The quantitative estimate of drug-likeness (QED) is 0.854. The average Bonchev–Trinajstić information content (AvgIpc) is 2.05. The molecule has 0 unspecified atom stereocenters. The highest BCUT2D eigenvalue weighted by Gasteiger charge is 2.12. The second kappa shape index (κ2) is 4.38. The fourth-order valence-electron chi connectivity index (χ4n) is 0.968. The lowest BCUT2D eigenvalue weighted by molar-refractivity contribution is 0.108. The van der Waals surface area contributed by atoms with Gasteiger partial charge in [-0.2, -0.15) is 0 Å². The molecule has 1 aromatic carbocycles. The fourth-order valence-corrected chi connectivity index (χ4v) is 1.87. The molecule has 7 heteroatoms. The minimum atomic E-state index is -3.45. The van der Waals surface area contributed by atoms with Crippen molar-refractivity contribution in [2.45, 2.75) is 0 Å². The number of carbonyl (C=O) groups is 1. The summed E-state index contributed by atoms with van der Waals surface area (Å²) in [5.41, 5.74) is 0.136. The van der Waals surface area contributed by atoms with Gasteiger partial charge in [0.1, 0.15) is 0 Å². The molecule has 0 saturated carbocycles. The van der Waals surface area contributed by atoms with E-state index in [9.17, 15) is 13.2 Å². The molecule has 0 radical (unpaired) electrons. The molecule has 1 N–H and O–H groups in total. The third-order valence-corrected chi connectivity index (χ3v) is 2.52. The highest BCUT2D eigenvalue weighted by molar-refractivity contribution is 7.92. The molecule has 82 valence electrons. The number of carbonyl (C=O) groups excluding carboxylic acids is 1. The van der Waals surface area contributed by atoms with Crippen molar-refractivity contribution in [3.8, 4) is 0 Å². The van der Waals surface area contributed by atoms with Gasteiger partial charge < -0.3 is 0 Å². The van der Waals surface area contributed by atoms with Gasteiger partial charge in [0.2, 0.25) is 10.0 Å². The van der Waals surface area contributed by atoms with E-state index in [1.807, 2.05) is 0 Å². The average molecular weight is 268 g/mol. The van der Waals surface area contributed by atoms with Gasteiger partial charge in [-0.15, -0.1) is 0 Å². The monoisotopic (exact) mass is 267 g/mol. The SMILES string of the molecule is CS(=O)(=O)Nc1ccc(Cl)cc1C(=O)Cl. The van der Waals surface area contributed by atoms with E-state index in [1.54, 1.807) is 0 Å². The van der Waals surface area contributed by atoms with Crippen LogP contribution >= 0.6 is 23.2 Å². The van der Waals surface area contributed by atoms with Crippen molar-refractivity contribution in [3.63, 3.8) is 0 Å². The van der Waals surface area contributed by atoms with Gasteiger partial charge in [-0.05, 0) is 29.8 Å². The summed E-state index contributed by atoms with van der Waals surface area (Å²) >= 11 is 10.9. The first-order valence-corrected chi connectivity index (χ1v) is 6.41. The number of nitrogens with one attached hydrogen (secondary N) is 1. The Balaban J connectivity index is 3.24. The predicted molar refractivity (Wildman–Crippen MR) is 60.1 cm³/mol. The normalized spacial score (nSPS) is 11.1. The van der Waals surface area contributed by atoms with E-state index in [4.69, 9.17) is 23.2 Å². The molecule has 0 bridgehead atoms. The molecule has 0 spiro atoms. The van der Waals surface area contributed by atoms with E-state index in [-0.39, 0.29) is 11.3 Å². The van der Waals surface area contributed by atoms with Crippen molar-refractivity contribution < 1.29 is 13.2 Å². The molecule has 0 aromatic heterocycles. The summed E-state index contributed by atoms with van der Waals surface area (Å²) < 4.78 is 24.1. The maximum atomic E-state index is 11.0. The molecule has 0 atom stereocenters. The van der Waals surface area contributed by atoms with E-state index in [0.29, 0.717) is 5.02 Å². The summed E-state index contributed by atoms with van der Waals surface area (Å²) in [6.45, 7) is 0. The summed E-state index contributed by atoms with van der Waals surface area (Å²) in [5, 5.41) is -0.471. The molecular weight excluding hydrogens is 261 g/mol. The molecule has 0 saturated heterocycles. The second-order valence-electron chi connectivity index (χ2n) is 2.84. The van der Waals surface area contributed by atoms with Crippen molar-refractivity contribution in [3.05, 3.63) is 28.8 Å². The first-order chi connectivity index (χ1) is 6.79.